The molecule has 0 saturated heterocycles. The molecule has 6 nitrogen and oxygen atoms in total. The predicted octanol–water partition coefficient (Wildman–Crippen LogP) is 0.263. The fourth-order valence-electron chi connectivity index (χ4n) is 1.12. The van der Waals surface area contributed by atoms with Crippen LogP contribution in [0.5, 0.6) is 0 Å². The summed E-state index contributed by atoms with van der Waals surface area (Å²) < 4.78 is 0. The van der Waals surface area contributed by atoms with Crippen molar-refractivity contribution in [1.29, 1.82) is 0 Å². The molecule has 94 valence electrons. The van der Waals surface area contributed by atoms with E-state index in [-0.39, 0.29) is 13.2 Å². The van der Waals surface area contributed by atoms with Gasteiger partial charge < -0.3 is 20.4 Å². The maximum atomic E-state index is 11.6. The third-order valence-electron chi connectivity index (χ3n) is 2.15. The Kier molecular flexibility index (Phi) is 7.28. The van der Waals surface area contributed by atoms with Crippen LogP contribution in [0.3, 0.4) is 0 Å². The predicted molar refractivity (Wildman–Crippen MR) is 59.2 cm³/mol. The van der Waals surface area contributed by atoms with Gasteiger partial charge in [-0.05, 0) is 13.3 Å². The van der Waals surface area contributed by atoms with Crippen LogP contribution >= 0.6 is 0 Å². The molecule has 2 amide bonds. The van der Waals surface area contributed by atoms with Crippen LogP contribution in [0.1, 0.15) is 26.7 Å². The van der Waals surface area contributed by atoms with Gasteiger partial charge in [0.1, 0.15) is 6.04 Å². The van der Waals surface area contributed by atoms with Crippen molar-refractivity contribution in [2.24, 2.45) is 0 Å². The van der Waals surface area contributed by atoms with E-state index in [1.165, 1.54) is 11.8 Å². The van der Waals surface area contributed by atoms with Crippen molar-refractivity contribution in [1.82, 2.24) is 10.2 Å². The van der Waals surface area contributed by atoms with Crippen LogP contribution < -0.4 is 5.32 Å². The van der Waals surface area contributed by atoms with E-state index in [1.807, 2.05) is 6.92 Å². The van der Waals surface area contributed by atoms with Crippen LogP contribution in [-0.4, -0.2) is 52.9 Å². The highest BCUT2D eigenvalue weighted by atomic mass is 16.4. The Labute approximate surface area is 95.2 Å². The monoisotopic (exact) mass is 232 g/mol. The van der Waals surface area contributed by atoms with E-state index in [0.29, 0.717) is 6.54 Å². The van der Waals surface area contributed by atoms with Gasteiger partial charge in [-0.15, -0.1) is 0 Å². The average Bonchev–Trinajstić information content (AvgIpc) is 2.23. The molecule has 16 heavy (non-hydrogen) atoms. The van der Waals surface area contributed by atoms with E-state index in [2.05, 4.69) is 5.32 Å². The highest BCUT2D eigenvalue weighted by molar-refractivity contribution is 5.82. The molecule has 3 N–H and O–H groups in total. The van der Waals surface area contributed by atoms with Gasteiger partial charge in [-0.2, -0.15) is 0 Å². The molecule has 0 heterocycles. The zero-order valence-electron chi connectivity index (χ0n) is 9.77. The molecule has 0 bridgehead atoms. The quantitative estimate of drug-likeness (QED) is 0.587. The summed E-state index contributed by atoms with van der Waals surface area (Å²) in [6.45, 7) is 4.01. The normalized spacial score (nSPS) is 11.9. The molecule has 0 saturated carbocycles. The molecular formula is C10H20N2O4. The number of aliphatic carboxylic acids is 1. The minimum Gasteiger partial charge on any atom is -0.480 e. The first kappa shape index (κ1) is 14.7. The Morgan fingerprint density at radius 1 is 1.38 bits per heavy atom. The fourth-order valence-corrected chi connectivity index (χ4v) is 1.12. The van der Waals surface area contributed by atoms with Crippen molar-refractivity contribution in [2.45, 2.75) is 32.7 Å². The number of hydrogen-bond donors (Lipinski definition) is 3. The summed E-state index contributed by atoms with van der Waals surface area (Å²) in [5.41, 5.74) is 0. The highest BCUT2D eigenvalue weighted by Gasteiger charge is 2.18. The average molecular weight is 232 g/mol. The lowest BCUT2D eigenvalue weighted by atomic mass is 10.3. The second-order valence-electron chi connectivity index (χ2n) is 3.57. The molecule has 0 aliphatic rings. The lowest BCUT2D eigenvalue weighted by molar-refractivity contribution is -0.138. The molecule has 0 fully saturated rings. The summed E-state index contributed by atoms with van der Waals surface area (Å²) in [6.07, 6.45) is 1.76. The van der Waals surface area contributed by atoms with Gasteiger partial charge in [0.05, 0.1) is 6.61 Å². The standard InChI is InChI=1S/C10H20N2O4/c1-3-4-5-12(6-7-13)10(16)11-8(2)9(14)15/h8,13H,3-7H2,1-2H3,(H,11,16)(H,14,15)/t8-/m0/s1. The first-order valence-electron chi connectivity index (χ1n) is 5.42. The highest BCUT2D eigenvalue weighted by Crippen LogP contribution is 1.96. The molecule has 0 aromatic carbocycles. The lowest BCUT2D eigenvalue weighted by Crippen LogP contribution is -2.47. The first-order chi connectivity index (χ1) is 7.52. The molecular weight excluding hydrogens is 212 g/mol. The van der Waals surface area contributed by atoms with E-state index < -0.39 is 18.0 Å². The van der Waals surface area contributed by atoms with E-state index in [4.69, 9.17) is 10.2 Å². The lowest BCUT2D eigenvalue weighted by Gasteiger charge is -2.23. The number of hydrogen-bond acceptors (Lipinski definition) is 3. The summed E-state index contributed by atoms with van der Waals surface area (Å²) in [4.78, 5) is 23.6. The van der Waals surface area contributed by atoms with Crippen molar-refractivity contribution in [3.8, 4) is 0 Å². The van der Waals surface area contributed by atoms with Crippen LogP contribution in [0, 0.1) is 0 Å². The molecule has 0 spiro atoms. The van der Waals surface area contributed by atoms with Crippen molar-refractivity contribution in [3.63, 3.8) is 0 Å². The largest absolute Gasteiger partial charge is 0.480 e. The fraction of sp³-hybridized carbons (Fsp3) is 0.800. The zero-order valence-corrected chi connectivity index (χ0v) is 9.77. The number of aliphatic hydroxyl groups excluding tert-OH is 1. The summed E-state index contributed by atoms with van der Waals surface area (Å²) in [5.74, 6) is -1.08. The van der Waals surface area contributed by atoms with Gasteiger partial charge in [0.15, 0.2) is 0 Å². The minimum absolute atomic E-state index is 0.126. The van der Waals surface area contributed by atoms with Gasteiger partial charge in [-0.25, -0.2) is 4.79 Å². The number of urea groups is 1. The molecule has 0 aliphatic heterocycles. The van der Waals surface area contributed by atoms with Gasteiger partial charge in [-0.3, -0.25) is 4.79 Å². The van der Waals surface area contributed by atoms with Gasteiger partial charge >= 0.3 is 12.0 Å². The molecule has 6 heteroatoms. The molecule has 1 atom stereocenters. The summed E-state index contributed by atoms with van der Waals surface area (Å²) >= 11 is 0. The van der Waals surface area contributed by atoms with Crippen molar-refractivity contribution in [3.05, 3.63) is 0 Å². The van der Waals surface area contributed by atoms with Crippen LogP contribution in [-0.2, 0) is 4.79 Å². The van der Waals surface area contributed by atoms with Crippen LogP contribution in [0.25, 0.3) is 0 Å². The number of rotatable bonds is 7. The zero-order chi connectivity index (χ0) is 12.6. The molecule has 0 radical (unpaired) electrons. The SMILES string of the molecule is CCCCN(CCO)C(=O)N[C@@H](C)C(=O)O. The maximum absolute atomic E-state index is 11.6. The number of aliphatic hydroxyl groups is 1. The Hall–Kier alpha value is -1.30. The van der Waals surface area contributed by atoms with Crippen LogP contribution in [0.4, 0.5) is 4.79 Å². The molecule has 0 aliphatic carbocycles. The topological polar surface area (TPSA) is 89.9 Å². The number of unbranched alkanes of at least 4 members (excludes halogenated alkanes) is 1. The smallest absolute Gasteiger partial charge is 0.325 e. The van der Waals surface area contributed by atoms with Crippen molar-refractivity contribution < 1.29 is 19.8 Å². The van der Waals surface area contributed by atoms with Crippen LogP contribution in [0.15, 0.2) is 0 Å². The minimum atomic E-state index is -1.08. The second-order valence-corrected chi connectivity index (χ2v) is 3.57. The van der Waals surface area contributed by atoms with Gasteiger partial charge in [0.2, 0.25) is 0 Å². The number of amides is 2. The molecule has 0 unspecified atom stereocenters. The van der Waals surface area contributed by atoms with Crippen molar-refractivity contribution >= 4 is 12.0 Å². The summed E-state index contributed by atoms with van der Waals surface area (Å²) in [5, 5.41) is 19.8. The Bertz CT molecular complexity index is 233. The Balaban J connectivity index is 4.20. The number of nitrogens with zero attached hydrogens (tertiary/aromatic N) is 1. The third kappa shape index (κ3) is 5.55. The molecule has 0 aromatic rings. The van der Waals surface area contributed by atoms with Crippen molar-refractivity contribution in [2.75, 3.05) is 19.7 Å². The van der Waals surface area contributed by atoms with E-state index in [0.717, 1.165) is 12.8 Å². The first-order valence-corrected chi connectivity index (χ1v) is 5.42. The number of carboxylic acid groups (broad SMARTS) is 1. The van der Waals surface area contributed by atoms with Gasteiger partial charge in [0, 0.05) is 13.1 Å². The molecule has 0 aromatic heterocycles. The number of carboxylic acids is 1. The number of carbonyl (C=O) groups excluding carboxylic acids is 1. The Morgan fingerprint density at radius 3 is 2.44 bits per heavy atom. The molecule has 0 rings (SSSR count). The third-order valence-corrected chi connectivity index (χ3v) is 2.15. The van der Waals surface area contributed by atoms with Gasteiger partial charge in [0.25, 0.3) is 0 Å². The van der Waals surface area contributed by atoms with Crippen LogP contribution in [0.2, 0.25) is 0 Å². The summed E-state index contributed by atoms with van der Waals surface area (Å²) in [6, 6.07) is -1.37. The summed E-state index contributed by atoms with van der Waals surface area (Å²) in [7, 11) is 0. The van der Waals surface area contributed by atoms with E-state index in [9.17, 15) is 9.59 Å². The van der Waals surface area contributed by atoms with Gasteiger partial charge in [-0.1, -0.05) is 13.3 Å². The van der Waals surface area contributed by atoms with E-state index in [1.54, 1.807) is 0 Å². The van der Waals surface area contributed by atoms with E-state index >= 15 is 0 Å². The second kappa shape index (κ2) is 7.92. The maximum Gasteiger partial charge on any atom is 0.325 e. The number of nitrogens with one attached hydrogen (secondary N) is 1. The Morgan fingerprint density at radius 2 is 2.00 bits per heavy atom. The number of carbonyl (C=O) groups is 2.